The first-order chi connectivity index (χ1) is 15.4. The third-order valence-electron chi connectivity index (χ3n) is 6.31. The average Bonchev–Trinajstić information content (AvgIpc) is 3.02. The van der Waals surface area contributed by atoms with Gasteiger partial charge in [-0.25, -0.2) is 0 Å². The summed E-state index contributed by atoms with van der Waals surface area (Å²) in [6.45, 7) is 2.06. The van der Waals surface area contributed by atoms with Gasteiger partial charge in [-0.05, 0) is 18.6 Å². The smallest absolute Gasteiger partial charge is 0.259 e. The first kappa shape index (κ1) is 19.6. The van der Waals surface area contributed by atoms with Crippen molar-refractivity contribution in [1.82, 2.24) is 4.57 Å². The standard InChI is InChI=1S/C25H20N4O3/c1-15-12-20-21(23(30)28(15)2)25(18(13-26)22(27)32-20)17-10-6-7-11-19(17)29(24(25)31)14-16-8-4-3-5-9-16/h3-12H,14,27H2,1-2H3/t25-/m1/s1. The number of carbonyl (C=O) groups is 1. The van der Waals surface area contributed by atoms with Crippen molar-refractivity contribution >= 4 is 11.6 Å². The summed E-state index contributed by atoms with van der Waals surface area (Å²) in [7, 11) is 1.63. The van der Waals surface area contributed by atoms with E-state index in [1.165, 1.54) is 4.57 Å². The van der Waals surface area contributed by atoms with Gasteiger partial charge in [0.2, 0.25) is 11.8 Å². The molecule has 0 radical (unpaired) electrons. The van der Waals surface area contributed by atoms with Gasteiger partial charge in [-0.2, -0.15) is 5.26 Å². The molecule has 1 amide bonds. The van der Waals surface area contributed by atoms with Crippen LogP contribution in [0.15, 0.2) is 76.9 Å². The number of hydrogen-bond acceptors (Lipinski definition) is 5. The minimum atomic E-state index is -1.67. The molecule has 0 saturated carbocycles. The summed E-state index contributed by atoms with van der Waals surface area (Å²) < 4.78 is 7.16. The minimum absolute atomic E-state index is 0.0704. The molecule has 3 heterocycles. The SMILES string of the molecule is Cc1cc2c(c(=O)n1C)[C@]1(C(=O)N(Cc3ccccc3)c3ccccc31)C(C#N)=C(N)O2. The first-order valence-corrected chi connectivity index (χ1v) is 10.2. The lowest BCUT2D eigenvalue weighted by Crippen LogP contribution is -2.49. The summed E-state index contributed by atoms with van der Waals surface area (Å²) in [6.07, 6.45) is 0. The number of para-hydroxylation sites is 1. The van der Waals surface area contributed by atoms with Gasteiger partial charge >= 0.3 is 0 Å². The van der Waals surface area contributed by atoms with Crippen LogP contribution in [-0.4, -0.2) is 10.5 Å². The molecule has 7 nitrogen and oxygen atoms in total. The number of nitrogens with zero attached hydrogens (tertiary/aromatic N) is 3. The number of carbonyl (C=O) groups excluding carboxylic acids is 1. The number of aromatic nitrogens is 1. The second-order valence-corrected chi connectivity index (χ2v) is 7.99. The van der Waals surface area contributed by atoms with Gasteiger partial charge in [0, 0.05) is 30.1 Å². The highest BCUT2D eigenvalue weighted by Gasteiger charge is 2.60. The molecule has 32 heavy (non-hydrogen) atoms. The molecule has 0 unspecified atom stereocenters. The second-order valence-electron chi connectivity index (χ2n) is 7.99. The van der Waals surface area contributed by atoms with E-state index in [0.717, 1.165) is 5.56 Å². The Hall–Kier alpha value is -4.31. The van der Waals surface area contributed by atoms with Crippen molar-refractivity contribution in [3.8, 4) is 11.8 Å². The van der Waals surface area contributed by atoms with Gasteiger partial charge in [0.25, 0.3) is 5.56 Å². The molecule has 1 atom stereocenters. The molecule has 1 aromatic heterocycles. The number of anilines is 1. The van der Waals surface area contributed by atoms with Crippen molar-refractivity contribution in [1.29, 1.82) is 5.26 Å². The minimum Gasteiger partial charge on any atom is -0.440 e. The third-order valence-corrected chi connectivity index (χ3v) is 6.31. The molecule has 0 saturated heterocycles. The maximum atomic E-state index is 14.3. The Morgan fingerprint density at radius 1 is 1.09 bits per heavy atom. The number of aryl methyl sites for hydroxylation is 1. The van der Waals surface area contributed by atoms with Crippen LogP contribution in [0.1, 0.15) is 22.4 Å². The molecule has 7 heteroatoms. The summed E-state index contributed by atoms with van der Waals surface area (Å²) in [5.74, 6) is -0.364. The monoisotopic (exact) mass is 424 g/mol. The Morgan fingerprint density at radius 3 is 2.50 bits per heavy atom. The highest BCUT2D eigenvalue weighted by molar-refractivity contribution is 6.14. The van der Waals surface area contributed by atoms with E-state index in [0.29, 0.717) is 23.5 Å². The Bertz CT molecular complexity index is 1420. The molecule has 2 aliphatic rings. The van der Waals surface area contributed by atoms with Gasteiger partial charge in [0.1, 0.15) is 17.4 Å². The van der Waals surface area contributed by atoms with E-state index in [1.807, 2.05) is 42.5 Å². The summed E-state index contributed by atoms with van der Waals surface area (Å²) in [5.41, 5.74) is 6.91. The van der Waals surface area contributed by atoms with E-state index in [1.54, 1.807) is 37.1 Å². The lowest BCUT2D eigenvalue weighted by atomic mass is 9.69. The lowest BCUT2D eigenvalue weighted by Gasteiger charge is -2.34. The molecule has 5 rings (SSSR count). The zero-order valence-corrected chi connectivity index (χ0v) is 17.6. The van der Waals surface area contributed by atoms with E-state index in [9.17, 15) is 14.9 Å². The van der Waals surface area contributed by atoms with E-state index in [-0.39, 0.29) is 22.8 Å². The summed E-state index contributed by atoms with van der Waals surface area (Å²) in [5, 5.41) is 10.1. The van der Waals surface area contributed by atoms with Gasteiger partial charge in [-0.3, -0.25) is 9.59 Å². The van der Waals surface area contributed by atoms with Crippen molar-refractivity contribution in [2.45, 2.75) is 18.9 Å². The highest BCUT2D eigenvalue weighted by Crippen LogP contribution is 2.54. The second kappa shape index (κ2) is 6.86. The summed E-state index contributed by atoms with van der Waals surface area (Å²) in [4.78, 5) is 29.4. The number of rotatable bonds is 2. The Labute approximate surface area is 184 Å². The van der Waals surface area contributed by atoms with Gasteiger partial charge < -0.3 is 19.9 Å². The van der Waals surface area contributed by atoms with Crippen molar-refractivity contribution in [3.63, 3.8) is 0 Å². The maximum absolute atomic E-state index is 14.3. The van der Waals surface area contributed by atoms with E-state index < -0.39 is 16.9 Å². The van der Waals surface area contributed by atoms with Crippen molar-refractivity contribution in [2.75, 3.05) is 4.90 Å². The number of hydrogen-bond donors (Lipinski definition) is 1. The van der Waals surface area contributed by atoms with Gasteiger partial charge in [-0.15, -0.1) is 0 Å². The largest absolute Gasteiger partial charge is 0.440 e. The number of ether oxygens (including phenoxy) is 1. The van der Waals surface area contributed by atoms with Crippen LogP contribution in [0.5, 0.6) is 5.75 Å². The van der Waals surface area contributed by atoms with Crippen LogP contribution in [-0.2, 0) is 23.8 Å². The van der Waals surface area contributed by atoms with E-state index >= 15 is 0 Å². The number of amides is 1. The molecule has 3 aromatic rings. The zero-order valence-electron chi connectivity index (χ0n) is 17.6. The molecule has 2 N–H and O–H groups in total. The normalized spacial score (nSPS) is 18.9. The van der Waals surface area contributed by atoms with Crippen molar-refractivity contribution in [2.24, 2.45) is 12.8 Å². The van der Waals surface area contributed by atoms with Crippen LogP contribution in [0.25, 0.3) is 0 Å². The fourth-order valence-electron chi connectivity index (χ4n) is 4.70. The number of fused-ring (bicyclic) bond motifs is 4. The average molecular weight is 424 g/mol. The molecule has 1 spiro atoms. The number of benzene rings is 2. The quantitative estimate of drug-likeness (QED) is 0.681. The van der Waals surface area contributed by atoms with Crippen LogP contribution in [0, 0.1) is 18.3 Å². The predicted molar refractivity (Wildman–Crippen MR) is 119 cm³/mol. The Kier molecular flexibility index (Phi) is 4.21. The Morgan fingerprint density at radius 2 is 1.78 bits per heavy atom. The number of nitrogens with two attached hydrogens (primary N) is 1. The molecule has 0 bridgehead atoms. The van der Waals surface area contributed by atoms with E-state index in [2.05, 4.69) is 6.07 Å². The lowest BCUT2D eigenvalue weighted by molar-refractivity contribution is -0.121. The van der Waals surface area contributed by atoms with Crippen LogP contribution >= 0.6 is 0 Å². The fraction of sp³-hybridized carbons (Fsp3) is 0.160. The van der Waals surface area contributed by atoms with Crippen molar-refractivity contribution in [3.05, 3.63) is 105 Å². The molecule has 158 valence electrons. The van der Waals surface area contributed by atoms with Gasteiger partial charge in [-0.1, -0.05) is 48.5 Å². The van der Waals surface area contributed by atoms with Crippen LogP contribution in [0.4, 0.5) is 5.69 Å². The number of nitriles is 1. The molecule has 0 fully saturated rings. The molecule has 2 aromatic carbocycles. The highest BCUT2D eigenvalue weighted by atomic mass is 16.5. The summed E-state index contributed by atoms with van der Waals surface area (Å²) in [6, 6.07) is 20.5. The fourth-order valence-corrected chi connectivity index (χ4v) is 4.70. The molecular formula is C25H20N4O3. The first-order valence-electron chi connectivity index (χ1n) is 10.2. The maximum Gasteiger partial charge on any atom is 0.259 e. The van der Waals surface area contributed by atoms with Gasteiger partial charge in [0.15, 0.2) is 5.41 Å². The van der Waals surface area contributed by atoms with Crippen LogP contribution in [0.2, 0.25) is 0 Å². The topological polar surface area (TPSA) is 101 Å². The third kappa shape index (κ3) is 2.41. The van der Waals surface area contributed by atoms with Crippen LogP contribution in [0.3, 0.4) is 0 Å². The molecular weight excluding hydrogens is 404 g/mol. The zero-order chi connectivity index (χ0) is 22.6. The molecule has 2 aliphatic heterocycles. The Balaban J connectivity index is 1.86. The number of pyridine rings is 1. The van der Waals surface area contributed by atoms with Gasteiger partial charge in [0.05, 0.1) is 12.1 Å². The van der Waals surface area contributed by atoms with Crippen molar-refractivity contribution < 1.29 is 9.53 Å². The summed E-state index contributed by atoms with van der Waals surface area (Å²) >= 11 is 0. The van der Waals surface area contributed by atoms with E-state index in [4.69, 9.17) is 10.5 Å². The van der Waals surface area contributed by atoms with Crippen LogP contribution < -0.4 is 20.9 Å². The predicted octanol–water partition coefficient (Wildman–Crippen LogP) is 2.61. The molecule has 0 aliphatic carbocycles.